The predicted octanol–water partition coefficient (Wildman–Crippen LogP) is 1.75. The summed E-state index contributed by atoms with van der Waals surface area (Å²) in [6, 6.07) is 3.31. The molecule has 1 aromatic carbocycles. The zero-order chi connectivity index (χ0) is 13.8. The van der Waals surface area contributed by atoms with Crippen LogP contribution in [-0.4, -0.2) is 18.0 Å². The molecule has 0 aromatic heterocycles. The average Bonchev–Trinajstić information content (AvgIpc) is 2.27. The summed E-state index contributed by atoms with van der Waals surface area (Å²) in [7, 11) is 0. The Morgan fingerprint density at radius 1 is 1.33 bits per heavy atom. The van der Waals surface area contributed by atoms with E-state index in [9.17, 15) is 13.6 Å². The van der Waals surface area contributed by atoms with Crippen LogP contribution in [-0.2, 0) is 11.2 Å². The van der Waals surface area contributed by atoms with Gasteiger partial charge in [-0.05, 0) is 37.5 Å². The van der Waals surface area contributed by atoms with Crippen LogP contribution in [0.15, 0.2) is 18.2 Å². The van der Waals surface area contributed by atoms with Gasteiger partial charge in [-0.3, -0.25) is 4.79 Å². The highest BCUT2D eigenvalue weighted by Gasteiger charge is 2.25. The molecule has 0 radical (unpaired) electrons. The number of rotatable bonds is 5. The van der Waals surface area contributed by atoms with Crippen molar-refractivity contribution in [1.82, 2.24) is 5.32 Å². The Hall–Kier alpha value is -1.49. The van der Waals surface area contributed by atoms with E-state index >= 15 is 0 Å². The van der Waals surface area contributed by atoms with Crippen molar-refractivity contribution in [2.75, 3.05) is 6.54 Å². The maximum absolute atomic E-state index is 12.9. The van der Waals surface area contributed by atoms with Crippen molar-refractivity contribution in [1.29, 1.82) is 0 Å². The normalized spacial score (nSPS) is 14.1. The molecule has 5 heteroatoms. The molecule has 18 heavy (non-hydrogen) atoms. The van der Waals surface area contributed by atoms with Crippen LogP contribution in [0.3, 0.4) is 0 Å². The molecule has 0 aliphatic carbocycles. The number of nitrogens with one attached hydrogen (secondary N) is 1. The second kappa shape index (κ2) is 5.91. The zero-order valence-corrected chi connectivity index (χ0v) is 10.6. The number of carbonyl (C=O) groups is 1. The average molecular weight is 256 g/mol. The van der Waals surface area contributed by atoms with E-state index < -0.39 is 17.2 Å². The summed E-state index contributed by atoms with van der Waals surface area (Å²) in [6.45, 7) is 3.76. The second-order valence-electron chi connectivity index (χ2n) is 4.55. The molecule has 3 nitrogen and oxygen atoms in total. The predicted molar refractivity (Wildman–Crippen MR) is 66.0 cm³/mol. The van der Waals surface area contributed by atoms with Gasteiger partial charge in [-0.25, -0.2) is 8.78 Å². The van der Waals surface area contributed by atoms with Crippen molar-refractivity contribution in [3.05, 3.63) is 35.4 Å². The molecule has 0 fully saturated rings. The Morgan fingerprint density at radius 3 is 2.39 bits per heavy atom. The zero-order valence-electron chi connectivity index (χ0n) is 10.6. The molecule has 3 N–H and O–H groups in total. The maximum Gasteiger partial charge on any atom is 0.239 e. The molecule has 0 aliphatic rings. The van der Waals surface area contributed by atoms with E-state index in [1.165, 1.54) is 12.1 Å². The van der Waals surface area contributed by atoms with E-state index in [0.29, 0.717) is 24.9 Å². The molecule has 1 aromatic rings. The monoisotopic (exact) mass is 256 g/mol. The van der Waals surface area contributed by atoms with Gasteiger partial charge in [-0.1, -0.05) is 6.92 Å². The Labute approximate surface area is 105 Å². The van der Waals surface area contributed by atoms with Crippen molar-refractivity contribution >= 4 is 5.91 Å². The van der Waals surface area contributed by atoms with Crippen molar-refractivity contribution < 1.29 is 13.6 Å². The van der Waals surface area contributed by atoms with Crippen LogP contribution in [0.1, 0.15) is 25.8 Å². The standard InChI is InChI=1S/C13H18F2N2O/c1-3-13(2,16)12(18)17-5-4-9-6-10(14)8-11(15)7-9/h6-8H,3-5,16H2,1-2H3,(H,17,18). The molecule has 0 aliphatic heterocycles. The number of amides is 1. The molecule has 0 saturated carbocycles. The highest BCUT2D eigenvalue weighted by atomic mass is 19.1. The molecular formula is C13H18F2N2O. The van der Waals surface area contributed by atoms with E-state index in [-0.39, 0.29) is 5.91 Å². The lowest BCUT2D eigenvalue weighted by atomic mass is 9.99. The number of carbonyl (C=O) groups excluding carboxylic acids is 1. The molecule has 0 saturated heterocycles. The SMILES string of the molecule is CCC(C)(N)C(=O)NCCc1cc(F)cc(F)c1. The maximum atomic E-state index is 12.9. The molecule has 0 heterocycles. The number of hydrogen-bond donors (Lipinski definition) is 2. The summed E-state index contributed by atoms with van der Waals surface area (Å²) in [5.41, 5.74) is 5.35. The Balaban J connectivity index is 2.49. The van der Waals surface area contributed by atoms with Crippen LogP contribution in [0.4, 0.5) is 8.78 Å². The van der Waals surface area contributed by atoms with Gasteiger partial charge in [0.2, 0.25) is 5.91 Å². The lowest BCUT2D eigenvalue weighted by molar-refractivity contribution is -0.125. The molecule has 1 amide bonds. The van der Waals surface area contributed by atoms with E-state index in [0.717, 1.165) is 6.07 Å². The summed E-state index contributed by atoms with van der Waals surface area (Å²) in [5.74, 6) is -1.50. The van der Waals surface area contributed by atoms with Crippen molar-refractivity contribution in [3.63, 3.8) is 0 Å². The molecule has 0 spiro atoms. The van der Waals surface area contributed by atoms with Gasteiger partial charge >= 0.3 is 0 Å². The van der Waals surface area contributed by atoms with E-state index in [1.807, 2.05) is 6.92 Å². The van der Waals surface area contributed by atoms with Crippen LogP contribution in [0.5, 0.6) is 0 Å². The number of nitrogens with two attached hydrogens (primary N) is 1. The third kappa shape index (κ3) is 4.07. The Bertz CT molecular complexity index is 413. The minimum absolute atomic E-state index is 0.262. The second-order valence-corrected chi connectivity index (χ2v) is 4.55. The van der Waals surface area contributed by atoms with E-state index in [1.54, 1.807) is 6.92 Å². The van der Waals surface area contributed by atoms with Gasteiger partial charge in [0.15, 0.2) is 0 Å². The first-order chi connectivity index (χ1) is 8.35. The highest BCUT2D eigenvalue weighted by Crippen LogP contribution is 2.08. The molecular weight excluding hydrogens is 238 g/mol. The topological polar surface area (TPSA) is 55.1 Å². The van der Waals surface area contributed by atoms with E-state index in [2.05, 4.69) is 5.32 Å². The van der Waals surface area contributed by atoms with Gasteiger partial charge in [0, 0.05) is 12.6 Å². The third-order valence-electron chi connectivity index (χ3n) is 2.87. The quantitative estimate of drug-likeness (QED) is 0.843. The Kier molecular flexibility index (Phi) is 4.78. The largest absolute Gasteiger partial charge is 0.354 e. The lowest BCUT2D eigenvalue weighted by Crippen LogP contribution is -2.51. The van der Waals surface area contributed by atoms with Gasteiger partial charge in [0.1, 0.15) is 11.6 Å². The fraction of sp³-hybridized carbons (Fsp3) is 0.462. The minimum atomic E-state index is -0.910. The number of benzene rings is 1. The molecule has 0 bridgehead atoms. The summed E-state index contributed by atoms with van der Waals surface area (Å²) in [5, 5.41) is 2.65. The molecule has 1 rings (SSSR count). The number of halogens is 2. The van der Waals surface area contributed by atoms with Crippen molar-refractivity contribution in [2.24, 2.45) is 5.73 Å². The fourth-order valence-electron chi connectivity index (χ4n) is 1.44. The van der Waals surface area contributed by atoms with Crippen LogP contribution in [0.25, 0.3) is 0 Å². The molecule has 100 valence electrons. The molecule has 1 unspecified atom stereocenters. The fourth-order valence-corrected chi connectivity index (χ4v) is 1.44. The summed E-state index contributed by atoms with van der Waals surface area (Å²) >= 11 is 0. The first kappa shape index (κ1) is 14.6. The van der Waals surface area contributed by atoms with Gasteiger partial charge in [0.05, 0.1) is 5.54 Å². The van der Waals surface area contributed by atoms with Crippen LogP contribution in [0, 0.1) is 11.6 Å². The summed E-state index contributed by atoms with van der Waals surface area (Å²) in [4.78, 5) is 11.6. The van der Waals surface area contributed by atoms with Gasteiger partial charge in [-0.2, -0.15) is 0 Å². The highest BCUT2D eigenvalue weighted by molar-refractivity contribution is 5.85. The van der Waals surface area contributed by atoms with Crippen LogP contribution >= 0.6 is 0 Å². The van der Waals surface area contributed by atoms with Gasteiger partial charge in [0.25, 0.3) is 0 Å². The smallest absolute Gasteiger partial charge is 0.239 e. The van der Waals surface area contributed by atoms with Gasteiger partial charge < -0.3 is 11.1 Å². The first-order valence-electron chi connectivity index (χ1n) is 5.87. The minimum Gasteiger partial charge on any atom is -0.354 e. The Morgan fingerprint density at radius 2 is 1.89 bits per heavy atom. The number of hydrogen-bond acceptors (Lipinski definition) is 2. The summed E-state index contributed by atoms with van der Waals surface area (Å²) < 4.78 is 25.8. The van der Waals surface area contributed by atoms with Crippen LogP contribution < -0.4 is 11.1 Å². The third-order valence-corrected chi connectivity index (χ3v) is 2.87. The lowest BCUT2D eigenvalue weighted by Gasteiger charge is -2.21. The molecule has 1 atom stereocenters. The van der Waals surface area contributed by atoms with Crippen molar-refractivity contribution in [2.45, 2.75) is 32.2 Å². The first-order valence-corrected chi connectivity index (χ1v) is 5.87. The van der Waals surface area contributed by atoms with Gasteiger partial charge in [-0.15, -0.1) is 0 Å². The van der Waals surface area contributed by atoms with E-state index in [4.69, 9.17) is 5.73 Å². The summed E-state index contributed by atoms with van der Waals surface area (Å²) in [6.07, 6.45) is 0.883. The van der Waals surface area contributed by atoms with Crippen LogP contribution in [0.2, 0.25) is 0 Å². The van der Waals surface area contributed by atoms with Crippen molar-refractivity contribution in [3.8, 4) is 0 Å².